The van der Waals surface area contributed by atoms with Crippen LogP contribution in [0.4, 0.5) is 5.69 Å². The Bertz CT molecular complexity index is 317. The van der Waals surface area contributed by atoms with E-state index >= 15 is 0 Å². The summed E-state index contributed by atoms with van der Waals surface area (Å²) in [6.07, 6.45) is 8.02. The maximum atomic E-state index is 4.36. The molecular weight excluding hydrogens is 168 g/mol. The molecular formula is C9H10N2S. The molecule has 0 saturated heterocycles. The first kappa shape index (κ1) is 7.68. The van der Waals surface area contributed by atoms with Gasteiger partial charge in [-0.05, 0) is 17.6 Å². The number of aromatic nitrogens is 1. The van der Waals surface area contributed by atoms with Crippen molar-refractivity contribution in [1.82, 2.24) is 4.37 Å². The van der Waals surface area contributed by atoms with E-state index in [-0.39, 0.29) is 5.41 Å². The minimum absolute atomic E-state index is 0.0682. The van der Waals surface area contributed by atoms with E-state index in [2.05, 4.69) is 35.4 Å². The standard InChI is InChI=1S/C9H10N2S/c1-9(2)4-3-8-7(10-6-9)5-11-12-8/h3-6H,1-2H3. The van der Waals surface area contributed by atoms with Crippen LogP contribution in [0.3, 0.4) is 0 Å². The molecule has 0 amide bonds. The van der Waals surface area contributed by atoms with Crippen molar-refractivity contribution in [2.45, 2.75) is 13.8 Å². The fraction of sp³-hybridized carbons (Fsp3) is 0.333. The molecule has 0 fully saturated rings. The Hall–Kier alpha value is -0.960. The molecule has 1 aliphatic heterocycles. The Labute approximate surface area is 75.8 Å². The first-order chi connectivity index (χ1) is 5.67. The van der Waals surface area contributed by atoms with E-state index in [4.69, 9.17) is 0 Å². The normalized spacial score (nSPS) is 18.8. The number of hydrogen-bond acceptors (Lipinski definition) is 3. The van der Waals surface area contributed by atoms with Gasteiger partial charge in [-0.2, -0.15) is 4.37 Å². The van der Waals surface area contributed by atoms with Gasteiger partial charge < -0.3 is 0 Å². The molecule has 0 unspecified atom stereocenters. The highest BCUT2D eigenvalue weighted by atomic mass is 32.1. The van der Waals surface area contributed by atoms with Crippen molar-refractivity contribution in [3.63, 3.8) is 0 Å². The average molecular weight is 178 g/mol. The summed E-state index contributed by atoms with van der Waals surface area (Å²) in [5.74, 6) is 0. The fourth-order valence-electron chi connectivity index (χ4n) is 1.03. The molecule has 0 N–H and O–H groups in total. The topological polar surface area (TPSA) is 25.2 Å². The maximum Gasteiger partial charge on any atom is 0.101 e. The molecule has 2 heterocycles. The molecule has 0 bridgehead atoms. The summed E-state index contributed by atoms with van der Waals surface area (Å²) in [4.78, 5) is 5.51. The zero-order valence-electron chi connectivity index (χ0n) is 7.11. The number of nitrogens with zero attached hydrogens (tertiary/aromatic N) is 2. The molecule has 0 spiro atoms. The minimum atomic E-state index is 0.0682. The summed E-state index contributed by atoms with van der Waals surface area (Å²) < 4.78 is 4.07. The van der Waals surface area contributed by atoms with Crippen LogP contribution in [0.25, 0.3) is 6.08 Å². The van der Waals surface area contributed by atoms with Crippen LogP contribution in [0.15, 0.2) is 17.3 Å². The molecule has 0 atom stereocenters. The Balaban J connectivity index is 2.49. The lowest BCUT2D eigenvalue weighted by molar-refractivity contribution is 0.699. The summed E-state index contributed by atoms with van der Waals surface area (Å²) in [5.41, 5.74) is 1.06. The number of rotatable bonds is 0. The van der Waals surface area contributed by atoms with E-state index in [1.165, 1.54) is 11.5 Å². The van der Waals surface area contributed by atoms with Crippen molar-refractivity contribution in [3.05, 3.63) is 17.2 Å². The lowest BCUT2D eigenvalue weighted by Gasteiger charge is -2.10. The summed E-state index contributed by atoms with van der Waals surface area (Å²) in [5, 5.41) is 0. The van der Waals surface area contributed by atoms with E-state index in [1.807, 2.05) is 12.4 Å². The van der Waals surface area contributed by atoms with Gasteiger partial charge in [-0.1, -0.05) is 19.9 Å². The summed E-state index contributed by atoms with van der Waals surface area (Å²) >= 11 is 1.49. The van der Waals surface area contributed by atoms with Crippen LogP contribution in [0.5, 0.6) is 0 Å². The van der Waals surface area contributed by atoms with Crippen molar-refractivity contribution < 1.29 is 0 Å². The molecule has 1 aliphatic rings. The van der Waals surface area contributed by atoms with Crippen LogP contribution >= 0.6 is 11.5 Å². The predicted octanol–water partition coefficient (Wildman–Crippen LogP) is 2.90. The number of fused-ring (bicyclic) bond motifs is 1. The lowest BCUT2D eigenvalue weighted by Crippen LogP contribution is -2.07. The van der Waals surface area contributed by atoms with Gasteiger partial charge >= 0.3 is 0 Å². The van der Waals surface area contributed by atoms with Gasteiger partial charge in [-0.25, -0.2) is 0 Å². The molecule has 62 valence electrons. The fourth-order valence-corrected chi connectivity index (χ4v) is 1.62. The molecule has 0 aliphatic carbocycles. The van der Waals surface area contributed by atoms with Crippen LogP contribution in [0, 0.1) is 5.41 Å². The highest BCUT2D eigenvalue weighted by molar-refractivity contribution is 7.07. The highest BCUT2D eigenvalue weighted by Crippen LogP contribution is 2.30. The monoisotopic (exact) mass is 178 g/mol. The van der Waals surface area contributed by atoms with Crippen molar-refractivity contribution in [3.8, 4) is 0 Å². The first-order valence-electron chi connectivity index (χ1n) is 3.86. The summed E-state index contributed by atoms with van der Waals surface area (Å²) in [6.45, 7) is 4.27. The molecule has 1 aromatic rings. The smallest absolute Gasteiger partial charge is 0.101 e. The SMILES string of the molecule is CC1(C)C=Cc2sncc2N=C1. The number of allylic oxidation sites excluding steroid dienone is 1. The average Bonchev–Trinajstić information content (AvgIpc) is 2.40. The third-order valence-corrected chi connectivity index (χ3v) is 2.53. The first-order valence-corrected chi connectivity index (χ1v) is 4.64. The molecule has 12 heavy (non-hydrogen) atoms. The molecule has 0 saturated carbocycles. The van der Waals surface area contributed by atoms with Gasteiger partial charge in [0.05, 0.1) is 11.1 Å². The minimum Gasteiger partial charge on any atom is -0.257 e. The molecule has 0 aromatic carbocycles. The third kappa shape index (κ3) is 1.32. The van der Waals surface area contributed by atoms with Crippen molar-refractivity contribution >= 4 is 29.5 Å². The quantitative estimate of drug-likeness (QED) is 0.599. The molecule has 2 rings (SSSR count). The van der Waals surface area contributed by atoms with Gasteiger partial charge in [0.15, 0.2) is 0 Å². The van der Waals surface area contributed by atoms with Gasteiger partial charge in [0.25, 0.3) is 0 Å². The predicted molar refractivity (Wildman–Crippen MR) is 53.1 cm³/mol. The van der Waals surface area contributed by atoms with Crippen LogP contribution in [-0.2, 0) is 0 Å². The summed E-state index contributed by atoms with van der Waals surface area (Å²) in [7, 11) is 0. The van der Waals surface area contributed by atoms with Crippen LogP contribution in [0.2, 0.25) is 0 Å². The van der Waals surface area contributed by atoms with Gasteiger partial charge in [0, 0.05) is 11.6 Å². The van der Waals surface area contributed by atoms with Crippen LogP contribution in [0.1, 0.15) is 18.7 Å². The molecule has 1 aromatic heterocycles. The Morgan fingerprint density at radius 3 is 3.08 bits per heavy atom. The van der Waals surface area contributed by atoms with E-state index in [0.717, 1.165) is 10.6 Å². The largest absolute Gasteiger partial charge is 0.257 e. The number of aliphatic imine (C=N–C) groups is 1. The van der Waals surface area contributed by atoms with E-state index in [1.54, 1.807) is 0 Å². The second-order valence-corrected chi connectivity index (χ2v) is 4.32. The van der Waals surface area contributed by atoms with E-state index < -0.39 is 0 Å². The zero-order chi connectivity index (χ0) is 8.60. The molecule has 2 nitrogen and oxygen atoms in total. The lowest BCUT2D eigenvalue weighted by atomic mass is 9.95. The maximum absolute atomic E-state index is 4.36. The molecule has 3 heteroatoms. The van der Waals surface area contributed by atoms with Gasteiger partial charge in [-0.3, -0.25) is 4.99 Å². The Morgan fingerprint density at radius 1 is 1.42 bits per heavy atom. The Morgan fingerprint density at radius 2 is 2.25 bits per heavy atom. The molecule has 0 radical (unpaired) electrons. The van der Waals surface area contributed by atoms with E-state index in [9.17, 15) is 0 Å². The highest BCUT2D eigenvalue weighted by Gasteiger charge is 2.14. The number of hydrogen-bond donors (Lipinski definition) is 0. The van der Waals surface area contributed by atoms with Crippen molar-refractivity contribution in [1.29, 1.82) is 0 Å². The van der Waals surface area contributed by atoms with Gasteiger partial charge in [-0.15, -0.1) is 0 Å². The van der Waals surface area contributed by atoms with Crippen molar-refractivity contribution in [2.75, 3.05) is 0 Å². The summed E-state index contributed by atoms with van der Waals surface area (Å²) in [6, 6.07) is 0. The van der Waals surface area contributed by atoms with Crippen LogP contribution < -0.4 is 0 Å². The van der Waals surface area contributed by atoms with Gasteiger partial charge in [0.1, 0.15) is 5.69 Å². The third-order valence-electron chi connectivity index (χ3n) is 1.78. The second kappa shape index (κ2) is 2.52. The van der Waals surface area contributed by atoms with Crippen molar-refractivity contribution in [2.24, 2.45) is 10.4 Å². The zero-order valence-corrected chi connectivity index (χ0v) is 7.93. The van der Waals surface area contributed by atoms with Gasteiger partial charge in [0.2, 0.25) is 0 Å². The Kier molecular flexibility index (Phi) is 1.61. The van der Waals surface area contributed by atoms with E-state index in [0.29, 0.717) is 0 Å². The van der Waals surface area contributed by atoms with Crippen LogP contribution in [-0.4, -0.2) is 10.6 Å². The second-order valence-electron chi connectivity index (χ2n) is 3.49.